The van der Waals surface area contributed by atoms with E-state index in [1.54, 1.807) is 36.4 Å². The molecule has 0 amide bonds. The molecule has 1 atom stereocenters. The van der Waals surface area contributed by atoms with Crippen LogP contribution in [0, 0.1) is 0 Å². The largest absolute Gasteiger partial charge is 0.466 e. The molecule has 8 heteroatoms. The van der Waals surface area contributed by atoms with Gasteiger partial charge in [0.05, 0.1) is 29.2 Å². The van der Waals surface area contributed by atoms with Gasteiger partial charge in [-0.15, -0.1) is 0 Å². The maximum absolute atomic E-state index is 12.5. The molecule has 1 unspecified atom stereocenters. The summed E-state index contributed by atoms with van der Waals surface area (Å²) in [6.07, 6.45) is 1.47. The number of hydrogen-bond acceptors (Lipinski definition) is 4. The number of halogens is 1. The zero-order chi connectivity index (χ0) is 18.2. The van der Waals surface area contributed by atoms with E-state index in [-0.39, 0.29) is 11.3 Å². The van der Waals surface area contributed by atoms with Crippen molar-refractivity contribution in [3.63, 3.8) is 0 Å². The number of benzene rings is 2. The van der Waals surface area contributed by atoms with Gasteiger partial charge < -0.3 is 4.74 Å². The number of azide groups is 1. The number of nitrogens with zero attached hydrogens (tertiary/aromatic N) is 3. The fourth-order valence-electron chi connectivity index (χ4n) is 2.06. The Bertz CT molecular complexity index is 878. The van der Waals surface area contributed by atoms with Crippen LogP contribution in [-0.4, -0.2) is 23.0 Å². The number of rotatable bonds is 6. The minimum Gasteiger partial charge on any atom is -0.466 e. The molecule has 0 aliphatic rings. The Balaban J connectivity index is 2.43. The second kappa shape index (κ2) is 9.03. The third-order valence-electron chi connectivity index (χ3n) is 3.21. The van der Waals surface area contributed by atoms with E-state index in [1.807, 2.05) is 6.07 Å². The predicted molar refractivity (Wildman–Crippen MR) is 98.0 cm³/mol. The van der Waals surface area contributed by atoms with Gasteiger partial charge >= 0.3 is 5.97 Å². The van der Waals surface area contributed by atoms with Crippen LogP contribution in [0.1, 0.15) is 5.56 Å². The van der Waals surface area contributed by atoms with Crippen LogP contribution in [0.2, 0.25) is 5.02 Å². The van der Waals surface area contributed by atoms with Crippen LogP contribution in [0.4, 0.5) is 5.69 Å². The zero-order valence-electron chi connectivity index (χ0n) is 13.3. The van der Waals surface area contributed by atoms with Gasteiger partial charge in [-0.25, -0.2) is 4.79 Å². The molecule has 0 saturated heterocycles. The van der Waals surface area contributed by atoms with Crippen molar-refractivity contribution in [1.82, 2.24) is 0 Å². The Morgan fingerprint density at radius 3 is 2.68 bits per heavy atom. The van der Waals surface area contributed by atoms with Crippen molar-refractivity contribution in [2.24, 2.45) is 5.11 Å². The molecule has 25 heavy (non-hydrogen) atoms. The topological polar surface area (TPSA) is 92.1 Å². The molecule has 0 radical (unpaired) electrons. The van der Waals surface area contributed by atoms with Crippen molar-refractivity contribution in [1.29, 1.82) is 0 Å². The van der Waals surface area contributed by atoms with Gasteiger partial charge in [-0.05, 0) is 41.4 Å². The predicted octanol–water partition coefficient (Wildman–Crippen LogP) is 4.65. The maximum atomic E-state index is 12.5. The van der Waals surface area contributed by atoms with E-state index in [9.17, 15) is 9.00 Å². The number of methoxy groups -OCH3 is 1. The number of ether oxygens (including phenoxy) is 1. The van der Waals surface area contributed by atoms with E-state index >= 15 is 0 Å². The second-order valence-electron chi connectivity index (χ2n) is 4.86. The van der Waals surface area contributed by atoms with Crippen LogP contribution in [0.3, 0.4) is 0 Å². The fraction of sp³-hybridized carbons (Fsp3) is 0.118. The van der Waals surface area contributed by atoms with Crippen molar-refractivity contribution in [2.75, 3.05) is 12.9 Å². The smallest absolute Gasteiger partial charge is 0.334 e. The van der Waals surface area contributed by atoms with Crippen molar-refractivity contribution >= 4 is 40.1 Å². The average molecular weight is 376 g/mol. The summed E-state index contributed by atoms with van der Waals surface area (Å²) in [6.45, 7) is 0. The molecule has 0 saturated carbocycles. The number of carbonyl (C=O) groups is 1. The summed E-state index contributed by atoms with van der Waals surface area (Å²) >= 11 is 5.98. The molecule has 0 aliphatic carbocycles. The minimum atomic E-state index is -1.43. The van der Waals surface area contributed by atoms with Gasteiger partial charge in [-0.1, -0.05) is 41.0 Å². The molecule has 0 heterocycles. The molecule has 0 aliphatic heterocycles. The number of carbonyl (C=O) groups excluding carboxylic acids is 1. The Labute approximate surface area is 152 Å². The first kappa shape index (κ1) is 18.7. The molecule has 2 aromatic carbocycles. The molecule has 6 nitrogen and oxygen atoms in total. The zero-order valence-corrected chi connectivity index (χ0v) is 14.8. The third-order valence-corrected chi connectivity index (χ3v) is 4.82. The maximum Gasteiger partial charge on any atom is 0.334 e. The average Bonchev–Trinajstić information content (AvgIpc) is 2.63. The number of hydrogen-bond donors (Lipinski definition) is 0. The summed E-state index contributed by atoms with van der Waals surface area (Å²) in [5.74, 6) is -0.657. The highest BCUT2D eigenvalue weighted by atomic mass is 35.5. The fourth-order valence-corrected chi connectivity index (χ4v) is 3.35. The summed E-state index contributed by atoms with van der Waals surface area (Å²) in [7, 11) is -0.187. The SMILES string of the molecule is COC(=O)/C(=C/c1cc(Cl)ccc1N=[N+]=[N-])CS(=O)c1ccccc1. The third kappa shape index (κ3) is 5.19. The lowest BCUT2D eigenvalue weighted by atomic mass is 10.1. The van der Waals surface area contributed by atoms with Crippen LogP contribution >= 0.6 is 11.6 Å². The first-order valence-electron chi connectivity index (χ1n) is 7.12. The first-order valence-corrected chi connectivity index (χ1v) is 8.82. The van der Waals surface area contributed by atoms with E-state index in [4.69, 9.17) is 21.9 Å². The van der Waals surface area contributed by atoms with E-state index in [0.717, 1.165) is 0 Å². The van der Waals surface area contributed by atoms with Crippen molar-refractivity contribution < 1.29 is 13.7 Å². The summed E-state index contributed by atoms with van der Waals surface area (Å²) in [5, 5.41) is 3.99. The van der Waals surface area contributed by atoms with Gasteiger partial charge in [0.25, 0.3) is 0 Å². The summed E-state index contributed by atoms with van der Waals surface area (Å²) < 4.78 is 17.3. The first-order chi connectivity index (χ1) is 12.0. The summed E-state index contributed by atoms with van der Waals surface area (Å²) in [4.78, 5) is 15.4. The van der Waals surface area contributed by atoms with Crippen molar-refractivity contribution in [2.45, 2.75) is 4.90 Å². The van der Waals surface area contributed by atoms with Gasteiger partial charge in [-0.3, -0.25) is 4.21 Å². The Morgan fingerprint density at radius 2 is 2.04 bits per heavy atom. The van der Waals surface area contributed by atoms with Gasteiger partial charge in [-0.2, -0.15) is 0 Å². The quantitative estimate of drug-likeness (QED) is 0.242. The molecule has 128 valence electrons. The van der Waals surface area contributed by atoms with Gasteiger partial charge in [0, 0.05) is 20.5 Å². The molecule has 0 fully saturated rings. The van der Waals surface area contributed by atoms with Gasteiger partial charge in [0.15, 0.2) is 0 Å². The van der Waals surface area contributed by atoms with E-state index in [1.165, 1.54) is 19.3 Å². The highest BCUT2D eigenvalue weighted by Crippen LogP contribution is 2.26. The number of esters is 1. The van der Waals surface area contributed by atoms with E-state index < -0.39 is 16.8 Å². The molecule has 2 aromatic rings. The van der Waals surface area contributed by atoms with Crippen molar-refractivity contribution in [3.05, 3.63) is 75.1 Å². The molecule has 0 spiro atoms. The normalized spacial score (nSPS) is 12.2. The lowest BCUT2D eigenvalue weighted by Crippen LogP contribution is -2.12. The molecule has 0 aromatic heterocycles. The molecular weight excluding hydrogens is 362 g/mol. The lowest BCUT2D eigenvalue weighted by molar-refractivity contribution is -0.135. The molecule has 0 bridgehead atoms. The van der Waals surface area contributed by atoms with Crippen LogP contribution in [0.15, 0.2) is 64.1 Å². The lowest BCUT2D eigenvalue weighted by Gasteiger charge is -2.08. The highest BCUT2D eigenvalue weighted by Gasteiger charge is 2.16. The monoisotopic (exact) mass is 375 g/mol. The summed E-state index contributed by atoms with van der Waals surface area (Å²) in [5.41, 5.74) is 9.59. The Hall–Kier alpha value is -2.60. The Morgan fingerprint density at radius 1 is 1.32 bits per heavy atom. The van der Waals surface area contributed by atoms with Crippen LogP contribution in [0.5, 0.6) is 0 Å². The molecular formula is C17H14ClN3O3S. The van der Waals surface area contributed by atoms with Crippen molar-refractivity contribution in [3.8, 4) is 0 Å². The standard InChI is InChI=1S/C17H14ClN3O3S/c1-24-17(22)13(11-25(23)15-5-3-2-4-6-15)9-12-10-14(18)7-8-16(12)20-21-19/h2-10H,11H2,1H3/b13-9+. The summed E-state index contributed by atoms with van der Waals surface area (Å²) in [6, 6.07) is 13.5. The van der Waals surface area contributed by atoms with Crippen LogP contribution < -0.4 is 0 Å². The second-order valence-corrected chi connectivity index (χ2v) is 6.74. The Kier molecular flexibility index (Phi) is 6.77. The van der Waals surface area contributed by atoms with E-state index in [2.05, 4.69) is 10.0 Å². The molecule has 2 rings (SSSR count). The van der Waals surface area contributed by atoms with Gasteiger partial charge in [0.2, 0.25) is 0 Å². The van der Waals surface area contributed by atoms with Gasteiger partial charge in [0.1, 0.15) is 0 Å². The minimum absolute atomic E-state index is 0.0428. The highest BCUT2D eigenvalue weighted by molar-refractivity contribution is 7.85. The van der Waals surface area contributed by atoms with E-state index in [0.29, 0.717) is 21.2 Å². The van der Waals surface area contributed by atoms with Crippen LogP contribution in [-0.2, 0) is 20.3 Å². The molecule has 0 N–H and O–H groups in total. The van der Waals surface area contributed by atoms with Crippen LogP contribution in [0.25, 0.3) is 16.5 Å².